The van der Waals surface area contributed by atoms with Crippen molar-refractivity contribution in [1.82, 2.24) is 29.8 Å². The summed E-state index contributed by atoms with van der Waals surface area (Å²) in [5.41, 5.74) is 2.46. The van der Waals surface area contributed by atoms with Crippen molar-refractivity contribution in [1.29, 1.82) is 0 Å². The van der Waals surface area contributed by atoms with Crippen LogP contribution in [-0.2, 0) is 0 Å². The monoisotopic (exact) mass is 493 g/mol. The van der Waals surface area contributed by atoms with Gasteiger partial charge in [-0.05, 0) is 55.0 Å². The number of benzene rings is 3. The van der Waals surface area contributed by atoms with Crippen molar-refractivity contribution < 1.29 is 9.47 Å². The van der Waals surface area contributed by atoms with Gasteiger partial charge in [-0.25, -0.2) is 4.68 Å². The predicted molar refractivity (Wildman–Crippen MR) is 140 cm³/mol. The van der Waals surface area contributed by atoms with E-state index in [1.54, 1.807) is 12.3 Å². The van der Waals surface area contributed by atoms with Crippen LogP contribution in [0.15, 0.2) is 96.6 Å². The summed E-state index contributed by atoms with van der Waals surface area (Å²) in [6.45, 7) is 2.34. The highest BCUT2D eigenvalue weighted by atomic mass is 16.5. The van der Waals surface area contributed by atoms with E-state index < -0.39 is 0 Å². The van der Waals surface area contributed by atoms with Gasteiger partial charge in [-0.15, -0.1) is 10.2 Å². The minimum Gasteiger partial charge on any atom is -0.490 e. The average molecular weight is 494 g/mol. The third kappa shape index (κ3) is 6.42. The second kappa shape index (κ2) is 11.4. The number of aromatic nitrogens is 6. The molecule has 0 saturated heterocycles. The van der Waals surface area contributed by atoms with Crippen LogP contribution >= 0.6 is 0 Å². The molecule has 0 atom stereocenters. The molecule has 5 rings (SSSR count). The molecule has 11 heteroatoms. The molecule has 0 amide bonds. The molecule has 0 aliphatic rings. The predicted octanol–water partition coefficient (Wildman–Crippen LogP) is 5.02. The Kier molecular flexibility index (Phi) is 7.22. The number of hydrogen-bond donors (Lipinski definition) is 2. The van der Waals surface area contributed by atoms with E-state index in [2.05, 4.69) is 40.9 Å². The summed E-state index contributed by atoms with van der Waals surface area (Å²) in [5, 5.41) is 18.1. The van der Waals surface area contributed by atoms with Gasteiger partial charge in [0, 0.05) is 11.4 Å². The van der Waals surface area contributed by atoms with Crippen molar-refractivity contribution in [3.8, 4) is 17.5 Å². The molecule has 0 aliphatic carbocycles. The molecule has 2 aromatic heterocycles. The normalized spacial score (nSPS) is 10.8. The Hall–Kier alpha value is -5.32. The van der Waals surface area contributed by atoms with Crippen LogP contribution in [0.4, 0.5) is 23.3 Å². The summed E-state index contributed by atoms with van der Waals surface area (Å²) in [4.78, 5) is 13.4. The van der Waals surface area contributed by atoms with Gasteiger partial charge in [0.25, 0.3) is 0 Å². The number of anilines is 4. The van der Waals surface area contributed by atoms with Gasteiger partial charge in [0.15, 0.2) is 11.5 Å². The molecule has 0 spiro atoms. The molecule has 0 unspecified atom stereocenters. The SMILES string of the molecule is CCOc1cc(C=Nn2cnnc2)ccc1Oc1nc(Nc2ccccc2)nc(Nc2ccccc2)n1. The number of nitrogens with one attached hydrogen (secondary N) is 2. The third-order valence-electron chi connectivity index (χ3n) is 4.89. The highest BCUT2D eigenvalue weighted by Crippen LogP contribution is 2.32. The summed E-state index contributed by atoms with van der Waals surface area (Å²) in [6.07, 6.45) is 4.67. The van der Waals surface area contributed by atoms with Crippen molar-refractivity contribution >= 4 is 29.5 Å². The zero-order valence-electron chi connectivity index (χ0n) is 19.9. The number of hydrogen-bond acceptors (Lipinski definition) is 10. The van der Waals surface area contributed by atoms with Gasteiger partial charge in [0.2, 0.25) is 11.9 Å². The lowest BCUT2D eigenvalue weighted by Gasteiger charge is -2.13. The lowest BCUT2D eigenvalue weighted by Crippen LogP contribution is -2.06. The molecule has 0 aliphatic heterocycles. The lowest BCUT2D eigenvalue weighted by atomic mass is 10.2. The second-order valence-electron chi connectivity index (χ2n) is 7.57. The topological polar surface area (TPSA) is 124 Å². The molecule has 0 saturated carbocycles. The highest BCUT2D eigenvalue weighted by Gasteiger charge is 2.13. The van der Waals surface area contributed by atoms with Gasteiger partial charge in [0.05, 0.1) is 12.8 Å². The highest BCUT2D eigenvalue weighted by molar-refractivity contribution is 5.80. The molecule has 37 heavy (non-hydrogen) atoms. The molecule has 3 aromatic carbocycles. The van der Waals surface area contributed by atoms with Gasteiger partial charge in [-0.2, -0.15) is 20.1 Å². The molecule has 0 bridgehead atoms. The Labute approximate surface area is 212 Å². The smallest absolute Gasteiger partial charge is 0.328 e. The van der Waals surface area contributed by atoms with Crippen LogP contribution in [0.25, 0.3) is 0 Å². The van der Waals surface area contributed by atoms with E-state index in [0.717, 1.165) is 16.9 Å². The van der Waals surface area contributed by atoms with Crippen LogP contribution in [0.3, 0.4) is 0 Å². The number of nitrogens with zero attached hydrogens (tertiary/aromatic N) is 7. The largest absolute Gasteiger partial charge is 0.490 e. The maximum absolute atomic E-state index is 6.09. The molecule has 5 aromatic rings. The van der Waals surface area contributed by atoms with E-state index in [1.165, 1.54) is 17.3 Å². The average Bonchev–Trinajstić information content (AvgIpc) is 3.44. The van der Waals surface area contributed by atoms with Crippen molar-refractivity contribution in [2.75, 3.05) is 17.2 Å². The summed E-state index contributed by atoms with van der Waals surface area (Å²) in [6, 6.07) is 24.8. The van der Waals surface area contributed by atoms with E-state index in [4.69, 9.17) is 9.47 Å². The Morgan fingerprint density at radius 3 is 2.00 bits per heavy atom. The molecule has 0 fully saturated rings. The Balaban J connectivity index is 1.44. The Morgan fingerprint density at radius 2 is 1.41 bits per heavy atom. The fourth-order valence-electron chi connectivity index (χ4n) is 3.26. The minimum absolute atomic E-state index is 0.0960. The van der Waals surface area contributed by atoms with E-state index in [0.29, 0.717) is 30.0 Å². The van der Waals surface area contributed by atoms with E-state index in [1.807, 2.05) is 79.7 Å². The van der Waals surface area contributed by atoms with Crippen molar-refractivity contribution in [2.45, 2.75) is 6.92 Å². The van der Waals surface area contributed by atoms with Crippen LogP contribution < -0.4 is 20.1 Å². The molecular weight excluding hydrogens is 470 g/mol. The first-order valence-electron chi connectivity index (χ1n) is 11.5. The first-order chi connectivity index (χ1) is 18.2. The minimum atomic E-state index is 0.0960. The summed E-state index contributed by atoms with van der Waals surface area (Å²) in [5.74, 6) is 1.62. The lowest BCUT2D eigenvalue weighted by molar-refractivity contribution is 0.317. The molecule has 11 nitrogen and oxygen atoms in total. The number of para-hydroxylation sites is 2. The van der Waals surface area contributed by atoms with Crippen LogP contribution in [0.2, 0.25) is 0 Å². The van der Waals surface area contributed by atoms with Gasteiger partial charge >= 0.3 is 6.01 Å². The number of rotatable bonds is 10. The zero-order valence-corrected chi connectivity index (χ0v) is 19.9. The van der Waals surface area contributed by atoms with Gasteiger partial charge < -0.3 is 20.1 Å². The third-order valence-corrected chi connectivity index (χ3v) is 4.89. The fraction of sp³-hybridized carbons (Fsp3) is 0.0769. The maximum atomic E-state index is 6.09. The van der Waals surface area contributed by atoms with E-state index in [-0.39, 0.29) is 6.01 Å². The summed E-state index contributed by atoms with van der Waals surface area (Å²) < 4.78 is 13.4. The molecular formula is C26H23N9O2. The molecule has 2 N–H and O–H groups in total. The molecule has 2 heterocycles. The van der Waals surface area contributed by atoms with Crippen LogP contribution in [0.5, 0.6) is 17.5 Å². The standard InChI is InChI=1S/C26H23N9O2/c1-2-36-23-15-19(16-29-35-17-27-28-18-35)13-14-22(23)37-26-33-24(30-20-9-5-3-6-10-20)32-25(34-26)31-21-11-7-4-8-12-21/h3-18H,2H2,1H3,(H2,30,31,32,33,34). The zero-order chi connectivity index (χ0) is 25.3. The molecule has 184 valence electrons. The first-order valence-corrected chi connectivity index (χ1v) is 11.5. The Morgan fingerprint density at radius 1 is 0.784 bits per heavy atom. The van der Waals surface area contributed by atoms with Crippen LogP contribution in [0.1, 0.15) is 12.5 Å². The van der Waals surface area contributed by atoms with Crippen molar-refractivity contribution in [2.24, 2.45) is 5.10 Å². The first kappa shape index (κ1) is 23.4. The van der Waals surface area contributed by atoms with E-state index >= 15 is 0 Å². The van der Waals surface area contributed by atoms with Crippen molar-refractivity contribution in [3.63, 3.8) is 0 Å². The van der Waals surface area contributed by atoms with Gasteiger partial charge in [-0.1, -0.05) is 36.4 Å². The molecule has 0 radical (unpaired) electrons. The Bertz CT molecular complexity index is 1400. The van der Waals surface area contributed by atoms with Crippen LogP contribution in [-0.4, -0.2) is 42.6 Å². The van der Waals surface area contributed by atoms with E-state index in [9.17, 15) is 0 Å². The maximum Gasteiger partial charge on any atom is 0.328 e. The summed E-state index contributed by atoms with van der Waals surface area (Å²) >= 11 is 0. The van der Waals surface area contributed by atoms with Crippen LogP contribution in [0, 0.1) is 0 Å². The summed E-state index contributed by atoms with van der Waals surface area (Å²) in [7, 11) is 0. The van der Waals surface area contributed by atoms with Gasteiger partial charge in [0.1, 0.15) is 12.7 Å². The quantitative estimate of drug-likeness (QED) is 0.258. The second-order valence-corrected chi connectivity index (χ2v) is 7.57. The number of ether oxygens (including phenoxy) is 2. The fourth-order valence-corrected chi connectivity index (χ4v) is 3.26. The van der Waals surface area contributed by atoms with Gasteiger partial charge in [-0.3, -0.25) is 0 Å². The van der Waals surface area contributed by atoms with Crippen molar-refractivity contribution in [3.05, 3.63) is 97.1 Å².